The van der Waals surface area contributed by atoms with Crippen molar-refractivity contribution in [1.82, 2.24) is 9.47 Å². The summed E-state index contributed by atoms with van der Waals surface area (Å²) in [5.74, 6) is -0.622. The van der Waals surface area contributed by atoms with Crippen molar-refractivity contribution in [2.24, 2.45) is 0 Å². The van der Waals surface area contributed by atoms with Crippen LogP contribution in [0.3, 0.4) is 0 Å². The fraction of sp³-hybridized carbons (Fsp3) is 0.222. The largest absolute Gasteiger partial charge is 0.465 e. The number of esters is 1. The minimum absolute atomic E-state index is 0.225. The monoisotopic (exact) mass is 474 g/mol. The summed E-state index contributed by atoms with van der Waals surface area (Å²) >= 11 is 0.988. The Hall–Kier alpha value is -3.58. The molecule has 1 saturated heterocycles. The van der Waals surface area contributed by atoms with E-state index in [9.17, 15) is 14.4 Å². The van der Waals surface area contributed by atoms with Crippen molar-refractivity contribution in [1.29, 1.82) is 0 Å². The SMILES string of the molecule is COC(=O)c1ccc(-n2c(C)cc(/C=C3/SC(=O)N(CCCc4ccccc4)C3=O)c2C)cc1. The number of hydrogen-bond donors (Lipinski definition) is 0. The second kappa shape index (κ2) is 10.1. The molecule has 3 aromatic rings. The van der Waals surface area contributed by atoms with E-state index in [1.165, 1.54) is 17.6 Å². The number of carbonyl (C=O) groups is 3. The van der Waals surface area contributed by atoms with Crippen molar-refractivity contribution >= 4 is 35.0 Å². The van der Waals surface area contributed by atoms with E-state index in [-0.39, 0.29) is 17.1 Å². The standard InChI is InChI=1S/C27H26N2O4S/c1-18-16-22(19(2)29(18)23-13-11-21(12-14-23)26(31)33-3)17-24-25(30)28(27(32)34-24)15-7-10-20-8-5-4-6-9-20/h4-6,8-9,11-14,16-17H,7,10,15H2,1-3H3/b24-17+. The molecular formula is C27H26N2O4S. The molecule has 1 aliphatic heterocycles. The molecule has 1 aliphatic rings. The van der Waals surface area contributed by atoms with Crippen LogP contribution in [0.2, 0.25) is 0 Å². The van der Waals surface area contributed by atoms with Gasteiger partial charge in [0.05, 0.1) is 17.6 Å². The molecule has 0 aliphatic carbocycles. The topological polar surface area (TPSA) is 68.6 Å². The highest BCUT2D eigenvalue weighted by Gasteiger charge is 2.34. The van der Waals surface area contributed by atoms with Crippen LogP contribution in [0.25, 0.3) is 11.8 Å². The van der Waals surface area contributed by atoms with Crippen molar-refractivity contribution in [3.05, 3.63) is 93.6 Å². The Morgan fingerprint density at radius 1 is 1.03 bits per heavy atom. The minimum atomic E-state index is -0.382. The lowest BCUT2D eigenvalue weighted by Crippen LogP contribution is -2.29. The van der Waals surface area contributed by atoms with E-state index in [1.807, 2.05) is 62.4 Å². The first-order valence-electron chi connectivity index (χ1n) is 11.1. The predicted molar refractivity (Wildman–Crippen MR) is 134 cm³/mol. The number of imide groups is 1. The molecule has 0 spiro atoms. The van der Waals surface area contributed by atoms with Crippen LogP contribution in [0.15, 0.2) is 65.6 Å². The van der Waals surface area contributed by atoms with Gasteiger partial charge in [-0.1, -0.05) is 30.3 Å². The van der Waals surface area contributed by atoms with Gasteiger partial charge in [0, 0.05) is 23.6 Å². The van der Waals surface area contributed by atoms with Crippen molar-refractivity contribution in [2.45, 2.75) is 26.7 Å². The lowest BCUT2D eigenvalue weighted by molar-refractivity contribution is -0.122. The summed E-state index contributed by atoms with van der Waals surface area (Å²) in [6.07, 6.45) is 3.34. The van der Waals surface area contributed by atoms with Crippen LogP contribution in [0.1, 0.15) is 39.3 Å². The zero-order valence-electron chi connectivity index (χ0n) is 19.4. The highest BCUT2D eigenvalue weighted by atomic mass is 32.2. The maximum absolute atomic E-state index is 12.9. The van der Waals surface area contributed by atoms with Gasteiger partial charge in [0.1, 0.15) is 0 Å². The molecule has 2 amide bonds. The molecule has 0 bridgehead atoms. The predicted octanol–water partition coefficient (Wildman–Crippen LogP) is 5.55. The number of aromatic nitrogens is 1. The average Bonchev–Trinajstić information content (AvgIpc) is 3.28. The van der Waals surface area contributed by atoms with Gasteiger partial charge in [-0.2, -0.15) is 0 Å². The number of thioether (sulfide) groups is 1. The zero-order valence-corrected chi connectivity index (χ0v) is 20.2. The Labute approximate surface area is 203 Å². The summed E-state index contributed by atoms with van der Waals surface area (Å²) in [6.45, 7) is 4.35. The molecule has 6 nitrogen and oxygen atoms in total. The highest BCUT2D eigenvalue weighted by Crippen LogP contribution is 2.34. The third-order valence-electron chi connectivity index (χ3n) is 5.87. The molecule has 2 heterocycles. The number of nitrogens with zero attached hydrogens (tertiary/aromatic N) is 2. The Morgan fingerprint density at radius 2 is 1.74 bits per heavy atom. The number of aryl methyl sites for hydroxylation is 2. The molecule has 0 saturated carbocycles. The number of benzene rings is 2. The Morgan fingerprint density at radius 3 is 2.41 bits per heavy atom. The molecule has 0 unspecified atom stereocenters. The van der Waals surface area contributed by atoms with E-state index in [1.54, 1.807) is 18.2 Å². The van der Waals surface area contributed by atoms with Crippen LogP contribution in [0.5, 0.6) is 0 Å². The Balaban J connectivity index is 1.50. The summed E-state index contributed by atoms with van der Waals surface area (Å²) in [6, 6.07) is 19.2. The van der Waals surface area contributed by atoms with Gasteiger partial charge >= 0.3 is 5.97 Å². The van der Waals surface area contributed by atoms with Gasteiger partial charge in [-0.15, -0.1) is 0 Å². The lowest BCUT2D eigenvalue weighted by atomic mass is 10.1. The van der Waals surface area contributed by atoms with Gasteiger partial charge in [-0.25, -0.2) is 4.79 Å². The fourth-order valence-electron chi connectivity index (χ4n) is 4.12. The number of amides is 2. The van der Waals surface area contributed by atoms with Crippen molar-refractivity contribution in [3.8, 4) is 5.69 Å². The first-order valence-corrected chi connectivity index (χ1v) is 11.9. The molecule has 34 heavy (non-hydrogen) atoms. The summed E-state index contributed by atoms with van der Waals surface area (Å²) < 4.78 is 6.82. The first-order chi connectivity index (χ1) is 16.4. The lowest BCUT2D eigenvalue weighted by Gasteiger charge is -2.12. The number of rotatable bonds is 7. The van der Waals surface area contributed by atoms with Crippen LogP contribution in [0.4, 0.5) is 4.79 Å². The maximum Gasteiger partial charge on any atom is 0.337 e. The third kappa shape index (κ3) is 4.84. The first kappa shape index (κ1) is 23.6. The van der Waals surface area contributed by atoms with E-state index in [0.717, 1.165) is 47.2 Å². The Kier molecular flexibility index (Phi) is 7.03. The van der Waals surface area contributed by atoms with Crippen LogP contribution in [-0.4, -0.2) is 40.2 Å². The summed E-state index contributed by atoms with van der Waals surface area (Å²) in [7, 11) is 1.35. The molecule has 4 rings (SSSR count). The summed E-state index contributed by atoms with van der Waals surface area (Å²) in [4.78, 5) is 38.9. The van der Waals surface area contributed by atoms with Crippen LogP contribution in [0, 0.1) is 13.8 Å². The zero-order chi connectivity index (χ0) is 24.2. The van der Waals surface area contributed by atoms with E-state index >= 15 is 0 Å². The molecule has 0 radical (unpaired) electrons. The maximum atomic E-state index is 12.9. The third-order valence-corrected chi connectivity index (χ3v) is 6.77. The van der Waals surface area contributed by atoms with E-state index in [0.29, 0.717) is 17.0 Å². The number of methoxy groups -OCH3 is 1. The quantitative estimate of drug-likeness (QED) is 0.332. The Bertz CT molecular complexity index is 1260. The van der Waals surface area contributed by atoms with Gasteiger partial charge in [0.25, 0.3) is 11.1 Å². The van der Waals surface area contributed by atoms with Gasteiger partial charge in [0.2, 0.25) is 0 Å². The van der Waals surface area contributed by atoms with E-state index in [4.69, 9.17) is 4.74 Å². The second-order valence-corrected chi connectivity index (χ2v) is 9.12. The summed E-state index contributed by atoms with van der Waals surface area (Å²) in [5.41, 5.74) is 5.38. The number of carbonyl (C=O) groups excluding carboxylic acids is 3. The molecule has 0 N–H and O–H groups in total. The van der Waals surface area contributed by atoms with Crippen molar-refractivity contribution in [2.75, 3.05) is 13.7 Å². The van der Waals surface area contributed by atoms with E-state index < -0.39 is 0 Å². The van der Waals surface area contributed by atoms with Crippen LogP contribution in [-0.2, 0) is 16.0 Å². The molecular weight excluding hydrogens is 448 g/mol. The highest BCUT2D eigenvalue weighted by molar-refractivity contribution is 8.18. The minimum Gasteiger partial charge on any atom is -0.465 e. The number of hydrogen-bond acceptors (Lipinski definition) is 5. The van der Waals surface area contributed by atoms with Gasteiger partial charge in [-0.05, 0) is 86.0 Å². The molecule has 0 atom stereocenters. The normalized spacial score (nSPS) is 14.8. The molecule has 174 valence electrons. The van der Waals surface area contributed by atoms with Crippen LogP contribution < -0.4 is 0 Å². The number of ether oxygens (including phenoxy) is 1. The molecule has 1 aromatic heterocycles. The smallest absolute Gasteiger partial charge is 0.337 e. The van der Waals surface area contributed by atoms with Crippen LogP contribution >= 0.6 is 11.8 Å². The van der Waals surface area contributed by atoms with Gasteiger partial charge in [0.15, 0.2) is 0 Å². The van der Waals surface area contributed by atoms with Crippen molar-refractivity contribution in [3.63, 3.8) is 0 Å². The second-order valence-electron chi connectivity index (χ2n) is 8.12. The summed E-state index contributed by atoms with van der Waals surface area (Å²) in [5, 5.41) is -0.225. The molecule has 2 aromatic carbocycles. The van der Waals surface area contributed by atoms with Crippen molar-refractivity contribution < 1.29 is 19.1 Å². The van der Waals surface area contributed by atoms with E-state index in [2.05, 4.69) is 4.57 Å². The van der Waals surface area contributed by atoms with Gasteiger partial charge in [-0.3, -0.25) is 14.5 Å². The average molecular weight is 475 g/mol. The molecule has 1 fully saturated rings. The van der Waals surface area contributed by atoms with Gasteiger partial charge < -0.3 is 9.30 Å². The molecule has 7 heteroatoms. The fourth-order valence-corrected chi connectivity index (χ4v) is 4.97.